The molecule has 4 heterocycles. The smallest absolute Gasteiger partial charge is 0.231 e. The van der Waals surface area contributed by atoms with Crippen LogP contribution in [0.3, 0.4) is 0 Å². The number of rotatable bonds is 0. The van der Waals surface area contributed by atoms with E-state index in [1.165, 1.54) is 0 Å². The Hall–Kier alpha value is -6.02. The SMILES string of the molecule is CC(C)(C)c1cc2c(O)c(c1)-c1nc3c(o1)c(C(C)(C)C)cc1cc(C(C)(C)C)c(c(N)c13)OCc1cc(C(C)(C)C)cc(c1O)C1C=Cc3ccc4ccc-2nc4c3N1. The highest BCUT2D eigenvalue weighted by Crippen LogP contribution is 2.50. The molecule has 9 rings (SSSR count). The van der Waals surface area contributed by atoms with Crippen molar-refractivity contribution in [1.29, 1.82) is 0 Å². The van der Waals surface area contributed by atoms with Crippen molar-refractivity contribution < 1.29 is 19.4 Å². The molecule has 0 amide bonds. The number of anilines is 2. The number of fused-ring (bicyclic) bond motifs is 11. The second kappa shape index (κ2) is 13.0. The van der Waals surface area contributed by atoms with Crippen LogP contribution in [0, 0.1) is 0 Å². The van der Waals surface area contributed by atoms with Gasteiger partial charge in [-0.2, -0.15) is 0 Å². The van der Waals surface area contributed by atoms with Crippen LogP contribution in [0.25, 0.3) is 61.6 Å². The van der Waals surface area contributed by atoms with Crippen molar-refractivity contribution in [2.75, 3.05) is 11.1 Å². The maximum absolute atomic E-state index is 12.4. The van der Waals surface area contributed by atoms with Gasteiger partial charge >= 0.3 is 0 Å². The van der Waals surface area contributed by atoms with E-state index in [9.17, 15) is 10.2 Å². The maximum Gasteiger partial charge on any atom is 0.231 e. The lowest BCUT2D eigenvalue weighted by atomic mass is 9.81. The number of pyridine rings is 1. The van der Waals surface area contributed by atoms with Gasteiger partial charge in [0.2, 0.25) is 5.89 Å². The van der Waals surface area contributed by atoms with E-state index < -0.39 is 0 Å². The molecule has 0 spiro atoms. The number of ether oxygens (including phenoxy) is 1. The predicted molar refractivity (Wildman–Crippen MR) is 246 cm³/mol. The number of hydrogen-bond acceptors (Lipinski definition) is 8. The van der Waals surface area contributed by atoms with Crippen molar-refractivity contribution in [2.45, 2.75) is 117 Å². The van der Waals surface area contributed by atoms with Crippen molar-refractivity contribution in [3.63, 3.8) is 0 Å². The van der Waals surface area contributed by atoms with Gasteiger partial charge in [0.15, 0.2) is 5.58 Å². The molecule has 0 saturated heterocycles. The molecule has 5 aromatic carbocycles. The van der Waals surface area contributed by atoms with Gasteiger partial charge in [-0.05, 0) is 86.2 Å². The van der Waals surface area contributed by atoms with Crippen LogP contribution in [-0.2, 0) is 28.3 Å². The lowest BCUT2D eigenvalue weighted by Crippen LogP contribution is -2.18. The molecule has 0 aliphatic carbocycles. The highest BCUT2D eigenvalue weighted by Gasteiger charge is 2.32. The highest BCUT2D eigenvalue weighted by atomic mass is 16.5. The number of hydrogen-bond donors (Lipinski definition) is 4. The number of benzene rings is 5. The van der Waals surface area contributed by atoms with Gasteiger partial charge in [-0.3, -0.25) is 0 Å². The number of oxazole rings is 1. The molecule has 0 radical (unpaired) electrons. The average molecular weight is 801 g/mol. The summed E-state index contributed by atoms with van der Waals surface area (Å²) in [5, 5.41) is 31.0. The first-order valence-electron chi connectivity index (χ1n) is 21.0. The monoisotopic (exact) mass is 800 g/mol. The lowest BCUT2D eigenvalue weighted by molar-refractivity contribution is 0.292. The van der Waals surface area contributed by atoms with E-state index in [4.69, 9.17) is 24.9 Å². The Morgan fingerprint density at radius 1 is 0.683 bits per heavy atom. The summed E-state index contributed by atoms with van der Waals surface area (Å²) in [5.74, 6) is 1.00. The zero-order valence-corrected chi connectivity index (χ0v) is 36.9. The summed E-state index contributed by atoms with van der Waals surface area (Å²) in [6, 6.07) is 20.2. The van der Waals surface area contributed by atoms with E-state index in [2.05, 4.69) is 131 Å². The third kappa shape index (κ3) is 6.34. The molecule has 308 valence electrons. The zero-order chi connectivity index (χ0) is 43.0. The fourth-order valence-corrected chi connectivity index (χ4v) is 8.67. The number of nitrogens with zero attached hydrogens (tertiary/aromatic N) is 2. The van der Waals surface area contributed by atoms with Crippen LogP contribution in [-0.4, -0.2) is 20.2 Å². The minimum atomic E-state index is -0.372. The number of aromatic hydroxyl groups is 2. The van der Waals surface area contributed by atoms with Gasteiger partial charge in [0.1, 0.15) is 29.4 Å². The number of nitrogens with one attached hydrogen (secondary N) is 1. The second-order valence-electron chi connectivity index (χ2n) is 20.9. The van der Waals surface area contributed by atoms with Crippen molar-refractivity contribution in [3.05, 3.63) is 106 Å². The third-order valence-corrected chi connectivity index (χ3v) is 12.3. The molecular formula is C52H56N4O4. The fraction of sp³-hybridized carbons (Fsp3) is 0.346. The van der Waals surface area contributed by atoms with Crippen molar-refractivity contribution in [2.24, 2.45) is 0 Å². The van der Waals surface area contributed by atoms with Crippen LogP contribution >= 0.6 is 0 Å². The van der Waals surface area contributed by atoms with Crippen LogP contribution in [0.2, 0.25) is 0 Å². The first-order chi connectivity index (χ1) is 28.0. The molecule has 5 N–H and O–H groups in total. The molecular weight excluding hydrogens is 745 g/mol. The Labute approximate surface area is 352 Å². The van der Waals surface area contributed by atoms with Gasteiger partial charge in [-0.15, -0.1) is 0 Å². The van der Waals surface area contributed by atoms with Crippen LogP contribution in [0.4, 0.5) is 11.4 Å². The third-order valence-electron chi connectivity index (χ3n) is 12.3. The van der Waals surface area contributed by atoms with Gasteiger partial charge in [-0.1, -0.05) is 113 Å². The summed E-state index contributed by atoms with van der Waals surface area (Å²) < 4.78 is 13.7. The number of nitrogens with two attached hydrogens (primary N) is 1. The first kappa shape index (κ1) is 39.4. The summed E-state index contributed by atoms with van der Waals surface area (Å²) in [5.41, 5.74) is 17.4. The van der Waals surface area contributed by atoms with E-state index in [-0.39, 0.29) is 51.7 Å². The number of nitrogen functional groups attached to an aromatic ring is 1. The van der Waals surface area contributed by atoms with Crippen LogP contribution < -0.4 is 15.8 Å². The van der Waals surface area contributed by atoms with Crippen molar-refractivity contribution in [1.82, 2.24) is 9.97 Å². The molecule has 0 fully saturated rings. The summed E-state index contributed by atoms with van der Waals surface area (Å²) >= 11 is 0. The molecule has 1 unspecified atom stereocenters. The number of phenols is 2. The van der Waals surface area contributed by atoms with Gasteiger partial charge in [-0.25, -0.2) is 9.97 Å². The van der Waals surface area contributed by atoms with Crippen LogP contribution in [0.1, 0.15) is 128 Å². The summed E-state index contributed by atoms with van der Waals surface area (Å²) in [6.45, 7) is 26.0. The Bertz CT molecular complexity index is 2980. The zero-order valence-electron chi connectivity index (χ0n) is 36.9. The lowest BCUT2D eigenvalue weighted by Gasteiger charge is -2.29. The first-order valence-corrected chi connectivity index (χ1v) is 21.0. The predicted octanol–water partition coefficient (Wildman–Crippen LogP) is 13.1. The second-order valence-corrected chi connectivity index (χ2v) is 20.9. The summed E-state index contributed by atoms with van der Waals surface area (Å²) in [7, 11) is 0. The van der Waals surface area contributed by atoms with Crippen LogP contribution in [0.15, 0.2) is 71.2 Å². The topological polar surface area (TPSA) is 127 Å². The molecule has 60 heavy (non-hydrogen) atoms. The molecule has 2 aliphatic heterocycles. The molecule has 8 heteroatoms. The molecule has 7 aromatic rings. The van der Waals surface area contributed by atoms with E-state index in [0.717, 1.165) is 55.4 Å². The Kier molecular flexibility index (Phi) is 8.54. The minimum absolute atomic E-state index is 0.0245. The quantitative estimate of drug-likeness (QED) is 0.112. The van der Waals surface area contributed by atoms with Crippen molar-refractivity contribution >= 4 is 50.2 Å². The standard InChI is InChI=1S/C52H56N4O4/c1-49(2,3)30-19-29-25-59-46-35(51(7,8)9)20-28-21-36(52(10,11)12)47-43(39(28)40(46)53)56-48(60-47)34-24-31(50(4,5)6)23-33(45(34)58)38-18-16-27-14-13-26-15-17-37(32(22-30)44(29)57)54-41(26)42(27)55-38/h13-24,37,54,57-58H,25,53H2,1-12H3. The number of aromatic nitrogens is 2. The Morgan fingerprint density at radius 2 is 1.33 bits per heavy atom. The van der Waals surface area contributed by atoms with E-state index in [1.54, 1.807) is 0 Å². The molecule has 0 saturated carbocycles. The van der Waals surface area contributed by atoms with E-state index >= 15 is 0 Å². The molecule has 2 aliphatic rings. The van der Waals surface area contributed by atoms with Gasteiger partial charge in [0.25, 0.3) is 0 Å². The summed E-state index contributed by atoms with van der Waals surface area (Å²) in [6.07, 6.45) is 4.17. The highest BCUT2D eigenvalue weighted by molar-refractivity contribution is 6.13. The molecule has 12 bridgehead atoms. The van der Waals surface area contributed by atoms with Gasteiger partial charge in [0, 0.05) is 38.6 Å². The van der Waals surface area contributed by atoms with Gasteiger partial charge in [0.05, 0.1) is 34.2 Å². The van der Waals surface area contributed by atoms with Gasteiger partial charge < -0.3 is 30.4 Å². The van der Waals surface area contributed by atoms with Crippen LogP contribution in [0.5, 0.6) is 17.2 Å². The average Bonchev–Trinajstić information content (AvgIpc) is 3.60. The number of phenolic OH excluding ortho intramolecular Hbond substituents is 2. The largest absolute Gasteiger partial charge is 0.507 e. The molecule has 1 atom stereocenters. The molecule has 2 aromatic heterocycles. The van der Waals surface area contributed by atoms with E-state index in [1.807, 2.05) is 30.3 Å². The molecule has 8 nitrogen and oxygen atoms in total. The maximum atomic E-state index is 12.4. The fourth-order valence-electron chi connectivity index (χ4n) is 8.67. The summed E-state index contributed by atoms with van der Waals surface area (Å²) in [4.78, 5) is 10.5. The Balaban J connectivity index is 1.42. The van der Waals surface area contributed by atoms with E-state index in [0.29, 0.717) is 50.3 Å². The minimum Gasteiger partial charge on any atom is -0.507 e. The van der Waals surface area contributed by atoms with Crippen molar-refractivity contribution in [3.8, 4) is 40.0 Å². The normalized spacial score (nSPS) is 15.5. The Morgan fingerprint density at radius 3 is 2.02 bits per heavy atom.